The van der Waals surface area contributed by atoms with Gasteiger partial charge in [0.2, 0.25) is 0 Å². The van der Waals surface area contributed by atoms with Crippen molar-refractivity contribution in [3.8, 4) is 0 Å². The Bertz CT molecular complexity index is 887. The summed E-state index contributed by atoms with van der Waals surface area (Å²) >= 11 is 6.08. The Balaban J connectivity index is 1.62. The van der Waals surface area contributed by atoms with Crippen molar-refractivity contribution >= 4 is 33.9 Å². The second-order valence-corrected chi connectivity index (χ2v) is 7.13. The maximum absolute atomic E-state index is 6.08. The van der Waals surface area contributed by atoms with Gasteiger partial charge in [0, 0.05) is 34.0 Å². The van der Waals surface area contributed by atoms with E-state index in [1.54, 1.807) is 0 Å². The van der Waals surface area contributed by atoms with E-state index in [0.29, 0.717) is 11.1 Å². The molecule has 25 heavy (non-hydrogen) atoms. The van der Waals surface area contributed by atoms with Gasteiger partial charge in [-0.05, 0) is 74.8 Å². The van der Waals surface area contributed by atoms with Gasteiger partial charge in [0.25, 0.3) is 0 Å². The summed E-state index contributed by atoms with van der Waals surface area (Å²) in [5.74, 6) is 0. The predicted molar refractivity (Wildman–Crippen MR) is 106 cm³/mol. The standard InChI is InChI=1S/C21H22ClN3/c1-15(25-11-2-3-12-25)16-5-4-6-18(13-16)24-20-9-10-23-21-14-17(22)7-8-19(20)21/h4-10,13-15H,2-3,11-12H2,1H3,(H,23,24)/t15-/m0/s1. The number of nitrogens with zero attached hydrogens (tertiary/aromatic N) is 2. The van der Waals surface area contributed by atoms with Crippen molar-refractivity contribution in [2.45, 2.75) is 25.8 Å². The monoisotopic (exact) mass is 351 g/mol. The largest absolute Gasteiger partial charge is 0.355 e. The summed E-state index contributed by atoms with van der Waals surface area (Å²) in [4.78, 5) is 6.97. The Kier molecular flexibility index (Phi) is 4.60. The van der Waals surface area contributed by atoms with Crippen molar-refractivity contribution in [1.82, 2.24) is 9.88 Å². The van der Waals surface area contributed by atoms with Gasteiger partial charge in [0.15, 0.2) is 0 Å². The Hall–Kier alpha value is -2.10. The second kappa shape index (κ2) is 7.03. The third-order valence-electron chi connectivity index (χ3n) is 5.04. The summed E-state index contributed by atoms with van der Waals surface area (Å²) in [6.45, 7) is 4.71. The van der Waals surface area contributed by atoms with E-state index >= 15 is 0 Å². The minimum Gasteiger partial charge on any atom is -0.355 e. The number of anilines is 2. The number of nitrogens with one attached hydrogen (secondary N) is 1. The minimum atomic E-state index is 0.456. The van der Waals surface area contributed by atoms with E-state index < -0.39 is 0 Å². The predicted octanol–water partition coefficient (Wildman–Crippen LogP) is 5.79. The van der Waals surface area contributed by atoms with E-state index in [1.165, 1.54) is 31.5 Å². The summed E-state index contributed by atoms with van der Waals surface area (Å²) in [7, 11) is 0. The molecule has 0 amide bonds. The molecule has 1 aliphatic heterocycles. The van der Waals surface area contributed by atoms with E-state index in [0.717, 1.165) is 22.3 Å². The van der Waals surface area contributed by atoms with Crippen LogP contribution in [0, 0.1) is 0 Å². The first-order valence-corrected chi connectivity index (χ1v) is 9.24. The highest BCUT2D eigenvalue weighted by molar-refractivity contribution is 6.31. The van der Waals surface area contributed by atoms with Gasteiger partial charge < -0.3 is 5.32 Å². The first-order valence-electron chi connectivity index (χ1n) is 8.86. The van der Waals surface area contributed by atoms with Crippen molar-refractivity contribution in [2.24, 2.45) is 0 Å². The third-order valence-corrected chi connectivity index (χ3v) is 5.28. The molecule has 1 aromatic heterocycles. The van der Waals surface area contributed by atoms with E-state index in [2.05, 4.69) is 46.4 Å². The van der Waals surface area contributed by atoms with Crippen molar-refractivity contribution in [2.75, 3.05) is 18.4 Å². The summed E-state index contributed by atoms with van der Waals surface area (Å²) in [6, 6.07) is 17.0. The van der Waals surface area contributed by atoms with Crippen molar-refractivity contribution < 1.29 is 0 Å². The topological polar surface area (TPSA) is 28.2 Å². The summed E-state index contributed by atoms with van der Waals surface area (Å²) in [5.41, 5.74) is 4.41. The zero-order valence-corrected chi connectivity index (χ0v) is 15.1. The second-order valence-electron chi connectivity index (χ2n) is 6.69. The smallest absolute Gasteiger partial charge is 0.0737 e. The van der Waals surface area contributed by atoms with Gasteiger partial charge in [0.05, 0.1) is 5.52 Å². The van der Waals surface area contributed by atoms with Gasteiger partial charge in [-0.25, -0.2) is 0 Å². The number of rotatable bonds is 4. The SMILES string of the molecule is C[C@@H](c1cccc(Nc2ccnc3cc(Cl)ccc23)c1)N1CCCC1. The fourth-order valence-corrected chi connectivity index (χ4v) is 3.77. The van der Waals surface area contributed by atoms with E-state index in [9.17, 15) is 0 Å². The van der Waals surface area contributed by atoms with Crippen LogP contribution < -0.4 is 5.32 Å². The zero-order valence-electron chi connectivity index (χ0n) is 14.4. The van der Waals surface area contributed by atoms with Crippen molar-refractivity contribution in [3.63, 3.8) is 0 Å². The summed E-state index contributed by atoms with van der Waals surface area (Å²) in [5, 5.41) is 5.33. The molecule has 3 nitrogen and oxygen atoms in total. The molecule has 0 unspecified atom stereocenters. The number of hydrogen-bond acceptors (Lipinski definition) is 3. The van der Waals surface area contributed by atoms with Crippen LogP contribution >= 0.6 is 11.6 Å². The van der Waals surface area contributed by atoms with Crippen molar-refractivity contribution in [3.05, 3.63) is 65.3 Å². The molecule has 128 valence electrons. The molecule has 1 atom stereocenters. The van der Waals surface area contributed by atoms with E-state index in [4.69, 9.17) is 11.6 Å². The average molecular weight is 352 g/mol. The molecule has 4 rings (SSSR count). The van der Waals surface area contributed by atoms with E-state index in [1.807, 2.05) is 30.5 Å². The molecule has 1 aliphatic rings. The van der Waals surface area contributed by atoms with Crippen LogP contribution in [0.15, 0.2) is 54.7 Å². The Morgan fingerprint density at radius 3 is 2.76 bits per heavy atom. The lowest BCUT2D eigenvalue weighted by molar-refractivity contribution is 0.263. The maximum Gasteiger partial charge on any atom is 0.0737 e. The molecule has 1 N–H and O–H groups in total. The Labute approximate surface area is 153 Å². The van der Waals surface area contributed by atoms with Crippen LogP contribution in [0.4, 0.5) is 11.4 Å². The number of aromatic nitrogens is 1. The van der Waals surface area contributed by atoms with Crippen LogP contribution in [0.3, 0.4) is 0 Å². The maximum atomic E-state index is 6.08. The molecule has 1 saturated heterocycles. The zero-order chi connectivity index (χ0) is 17.2. The minimum absolute atomic E-state index is 0.456. The van der Waals surface area contributed by atoms with Gasteiger partial charge in [-0.1, -0.05) is 23.7 Å². The van der Waals surface area contributed by atoms with Crippen LogP contribution in [-0.2, 0) is 0 Å². The van der Waals surface area contributed by atoms with Crippen molar-refractivity contribution in [1.29, 1.82) is 0 Å². The Morgan fingerprint density at radius 2 is 1.92 bits per heavy atom. The molecule has 2 heterocycles. The number of fused-ring (bicyclic) bond motifs is 1. The molecule has 2 aromatic carbocycles. The fourth-order valence-electron chi connectivity index (χ4n) is 3.60. The number of halogens is 1. The number of hydrogen-bond donors (Lipinski definition) is 1. The van der Waals surface area contributed by atoms with Gasteiger partial charge >= 0.3 is 0 Å². The van der Waals surface area contributed by atoms with Crippen LogP contribution in [0.2, 0.25) is 5.02 Å². The lowest BCUT2D eigenvalue weighted by atomic mass is 10.1. The number of likely N-dealkylation sites (tertiary alicyclic amines) is 1. The highest BCUT2D eigenvalue weighted by Gasteiger charge is 2.19. The molecule has 3 aromatic rings. The summed E-state index contributed by atoms with van der Waals surface area (Å²) in [6.07, 6.45) is 4.44. The van der Waals surface area contributed by atoms with Gasteiger partial charge in [-0.15, -0.1) is 0 Å². The molecule has 0 aliphatic carbocycles. The summed E-state index contributed by atoms with van der Waals surface area (Å²) < 4.78 is 0. The molecule has 0 bridgehead atoms. The highest BCUT2D eigenvalue weighted by atomic mass is 35.5. The van der Waals surface area contributed by atoms with Crippen LogP contribution in [-0.4, -0.2) is 23.0 Å². The number of pyridine rings is 1. The first kappa shape index (κ1) is 16.4. The van der Waals surface area contributed by atoms with Crippen LogP contribution in [0.25, 0.3) is 10.9 Å². The van der Waals surface area contributed by atoms with Gasteiger partial charge in [-0.2, -0.15) is 0 Å². The van der Waals surface area contributed by atoms with Crippen LogP contribution in [0.1, 0.15) is 31.4 Å². The highest BCUT2D eigenvalue weighted by Crippen LogP contribution is 2.30. The molecule has 1 fully saturated rings. The average Bonchev–Trinajstić information content (AvgIpc) is 3.16. The molecule has 0 spiro atoms. The number of benzene rings is 2. The molecular weight excluding hydrogens is 330 g/mol. The van der Waals surface area contributed by atoms with Gasteiger partial charge in [-0.3, -0.25) is 9.88 Å². The lowest BCUT2D eigenvalue weighted by Gasteiger charge is -2.24. The lowest BCUT2D eigenvalue weighted by Crippen LogP contribution is -2.23. The van der Waals surface area contributed by atoms with Gasteiger partial charge in [0.1, 0.15) is 0 Å². The molecule has 4 heteroatoms. The molecule has 0 saturated carbocycles. The molecule has 0 radical (unpaired) electrons. The van der Waals surface area contributed by atoms with Crippen LogP contribution in [0.5, 0.6) is 0 Å². The van der Waals surface area contributed by atoms with E-state index in [-0.39, 0.29) is 0 Å². The molecular formula is C21H22ClN3. The normalized spacial score (nSPS) is 16.2. The first-order chi connectivity index (χ1) is 12.2. The fraction of sp³-hybridized carbons (Fsp3) is 0.286. The quantitative estimate of drug-likeness (QED) is 0.645. The Morgan fingerprint density at radius 1 is 1.08 bits per heavy atom. The third kappa shape index (κ3) is 3.48.